The Hall–Kier alpha value is -2.06. The van der Waals surface area contributed by atoms with E-state index < -0.39 is 34.7 Å². The number of hydrogen-bond acceptors (Lipinski definition) is 4. The fraction of sp³-hybridized carbons (Fsp3) is 0.615. The van der Waals surface area contributed by atoms with E-state index in [0.717, 1.165) is 11.1 Å². The summed E-state index contributed by atoms with van der Waals surface area (Å²) in [6, 6.07) is 0. The van der Waals surface area contributed by atoms with Gasteiger partial charge in [0.1, 0.15) is 23.1 Å². The smallest absolute Gasteiger partial charge is 0.433 e. The molecule has 0 fully saturated rings. The van der Waals surface area contributed by atoms with E-state index in [4.69, 9.17) is 4.74 Å². The van der Waals surface area contributed by atoms with Gasteiger partial charge in [0.05, 0.1) is 6.20 Å². The lowest BCUT2D eigenvalue weighted by Crippen LogP contribution is -2.48. The lowest BCUT2D eigenvalue weighted by atomic mass is 9.92. The van der Waals surface area contributed by atoms with Crippen molar-refractivity contribution in [3.05, 3.63) is 17.5 Å². The fourth-order valence-corrected chi connectivity index (χ4v) is 1.73. The summed E-state index contributed by atoms with van der Waals surface area (Å²) < 4.78 is 44.0. The van der Waals surface area contributed by atoms with Gasteiger partial charge in [-0.1, -0.05) is 0 Å². The summed E-state index contributed by atoms with van der Waals surface area (Å²) in [7, 11) is 1.19. The molecule has 0 aliphatic rings. The zero-order chi connectivity index (χ0) is 17.3. The number of aromatic nitrogens is 2. The van der Waals surface area contributed by atoms with Gasteiger partial charge in [-0.15, -0.1) is 0 Å². The minimum absolute atomic E-state index is 0.247. The Bertz CT molecular complexity index is 563. The molecule has 9 heteroatoms. The van der Waals surface area contributed by atoms with E-state index in [0.29, 0.717) is 0 Å². The van der Waals surface area contributed by atoms with Crippen molar-refractivity contribution in [2.24, 2.45) is 0 Å². The predicted octanol–water partition coefficient (Wildman–Crippen LogP) is 2.71. The quantitative estimate of drug-likeness (QED) is 0.869. The second-order valence-electron chi connectivity index (χ2n) is 5.96. The molecular formula is C13H18F3N3O3. The molecule has 1 atom stereocenters. The number of aldehydes is 1. The number of amides is 1. The van der Waals surface area contributed by atoms with E-state index in [9.17, 15) is 22.8 Å². The van der Waals surface area contributed by atoms with Crippen LogP contribution < -0.4 is 0 Å². The van der Waals surface area contributed by atoms with Gasteiger partial charge in [-0.25, -0.2) is 4.79 Å². The molecule has 1 N–H and O–H groups in total. The zero-order valence-electron chi connectivity index (χ0n) is 12.9. The summed E-state index contributed by atoms with van der Waals surface area (Å²) in [5, 5.41) is 5.15. The molecule has 0 aliphatic heterocycles. The van der Waals surface area contributed by atoms with Crippen molar-refractivity contribution in [2.45, 2.75) is 45.0 Å². The number of alkyl halides is 3. The fourth-order valence-electron chi connectivity index (χ4n) is 1.73. The summed E-state index contributed by atoms with van der Waals surface area (Å²) in [6.07, 6.45) is -4.53. The van der Waals surface area contributed by atoms with Crippen molar-refractivity contribution in [3.8, 4) is 0 Å². The van der Waals surface area contributed by atoms with Crippen LogP contribution in [0.3, 0.4) is 0 Å². The van der Waals surface area contributed by atoms with Crippen LogP contribution in [0.1, 0.15) is 39.0 Å². The average molecular weight is 321 g/mol. The van der Waals surface area contributed by atoms with Crippen LogP contribution in [0.2, 0.25) is 0 Å². The number of halogens is 3. The molecule has 22 heavy (non-hydrogen) atoms. The Labute approximate surface area is 125 Å². The Morgan fingerprint density at radius 1 is 1.32 bits per heavy atom. The maximum absolute atomic E-state index is 13.0. The number of H-pyrrole nitrogens is 1. The van der Waals surface area contributed by atoms with Crippen LogP contribution in [0.25, 0.3) is 0 Å². The van der Waals surface area contributed by atoms with E-state index in [1.165, 1.54) is 14.0 Å². The van der Waals surface area contributed by atoms with Gasteiger partial charge >= 0.3 is 12.3 Å². The Morgan fingerprint density at radius 2 is 1.86 bits per heavy atom. The van der Waals surface area contributed by atoms with Crippen molar-refractivity contribution in [1.82, 2.24) is 15.1 Å². The highest BCUT2D eigenvalue weighted by molar-refractivity contribution is 5.78. The molecule has 0 saturated carbocycles. The first-order valence-corrected chi connectivity index (χ1v) is 6.37. The summed E-state index contributed by atoms with van der Waals surface area (Å²) >= 11 is 0. The topological polar surface area (TPSA) is 75.3 Å². The van der Waals surface area contributed by atoms with Crippen molar-refractivity contribution in [1.29, 1.82) is 0 Å². The highest BCUT2D eigenvalue weighted by Crippen LogP contribution is 2.37. The van der Waals surface area contributed by atoms with Gasteiger partial charge in [0.25, 0.3) is 0 Å². The number of aromatic amines is 1. The SMILES string of the molecule is CN(C(=O)OC(C)(C)C)C(C)(C=O)c1cn[nH]c1C(F)(F)F. The van der Waals surface area contributed by atoms with Gasteiger partial charge in [-0.05, 0) is 27.7 Å². The standard InChI is InChI=1S/C13H18F3N3O3/c1-11(2,3)22-10(21)19(5)12(4,7-20)8-6-17-18-9(8)13(14,15)16/h6-7H,1-5H3,(H,17,18). The predicted molar refractivity (Wildman–Crippen MR) is 71.0 cm³/mol. The molecule has 1 rings (SSSR count). The Kier molecular flexibility index (Phi) is 4.59. The number of carbonyl (C=O) groups is 2. The molecule has 1 amide bonds. The lowest BCUT2D eigenvalue weighted by Gasteiger charge is -2.35. The highest BCUT2D eigenvalue weighted by atomic mass is 19.4. The zero-order valence-corrected chi connectivity index (χ0v) is 12.9. The van der Waals surface area contributed by atoms with E-state index in [2.05, 4.69) is 5.10 Å². The van der Waals surface area contributed by atoms with Gasteiger partial charge in [0.15, 0.2) is 0 Å². The largest absolute Gasteiger partial charge is 0.444 e. The van der Waals surface area contributed by atoms with E-state index >= 15 is 0 Å². The van der Waals surface area contributed by atoms with Crippen molar-refractivity contribution < 1.29 is 27.5 Å². The average Bonchev–Trinajstić information content (AvgIpc) is 2.84. The van der Waals surface area contributed by atoms with Crippen LogP contribution in [0.5, 0.6) is 0 Å². The number of likely N-dealkylation sites (N-methyl/N-ethyl adjacent to an activating group) is 1. The summed E-state index contributed by atoms with van der Waals surface area (Å²) in [6.45, 7) is 6.01. The first-order valence-electron chi connectivity index (χ1n) is 6.37. The van der Waals surface area contributed by atoms with Gasteiger partial charge < -0.3 is 9.53 Å². The molecule has 0 aromatic carbocycles. The van der Waals surface area contributed by atoms with Crippen LogP contribution >= 0.6 is 0 Å². The molecular weight excluding hydrogens is 303 g/mol. The number of nitrogens with one attached hydrogen (secondary N) is 1. The molecule has 1 aromatic rings. The number of hydrogen-bond donors (Lipinski definition) is 1. The van der Waals surface area contributed by atoms with Crippen LogP contribution in [0.15, 0.2) is 6.20 Å². The first kappa shape index (κ1) is 18.0. The monoisotopic (exact) mass is 321 g/mol. The number of carbonyl (C=O) groups excluding carboxylic acids is 2. The molecule has 0 radical (unpaired) electrons. The molecule has 0 saturated heterocycles. The molecule has 1 aromatic heterocycles. The molecule has 1 heterocycles. The third kappa shape index (κ3) is 3.58. The lowest BCUT2D eigenvalue weighted by molar-refractivity contribution is -0.143. The van der Waals surface area contributed by atoms with Gasteiger partial charge in [0, 0.05) is 12.6 Å². The minimum atomic E-state index is -4.73. The Balaban J connectivity index is 3.25. The molecule has 0 bridgehead atoms. The molecule has 6 nitrogen and oxygen atoms in total. The van der Waals surface area contributed by atoms with E-state index in [1.807, 2.05) is 5.10 Å². The van der Waals surface area contributed by atoms with Gasteiger partial charge in [0.2, 0.25) is 0 Å². The summed E-state index contributed by atoms with van der Waals surface area (Å²) in [5.41, 5.74) is -4.36. The maximum atomic E-state index is 13.0. The summed E-state index contributed by atoms with van der Waals surface area (Å²) in [5.74, 6) is 0. The minimum Gasteiger partial charge on any atom is -0.444 e. The molecule has 1 unspecified atom stereocenters. The van der Waals surface area contributed by atoms with E-state index in [1.54, 1.807) is 20.8 Å². The van der Waals surface area contributed by atoms with Crippen molar-refractivity contribution in [2.75, 3.05) is 7.05 Å². The second kappa shape index (κ2) is 5.62. The molecule has 0 aliphatic carbocycles. The van der Waals surface area contributed by atoms with Crippen molar-refractivity contribution in [3.63, 3.8) is 0 Å². The van der Waals surface area contributed by atoms with Crippen LogP contribution in [-0.2, 0) is 21.2 Å². The third-order valence-electron chi connectivity index (χ3n) is 3.06. The van der Waals surface area contributed by atoms with Gasteiger partial charge in [-0.2, -0.15) is 18.3 Å². The van der Waals surface area contributed by atoms with Gasteiger partial charge in [-0.3, -0.25) is 10.00 Å². The molecule has 124 valence electrons. The highest BCUT2D eigenvalue weighted by Gasteiger charge is 2.45. The van der Waals surface area contributed by atoms with Crippen LogP contribution in [0, 0.1) is 0 Å². The van der Waals surface area contributed by atoms with E-state index in [-0.39, 0.29) is 6.29 Å². The molecule has 0 spiro atoms. The number of rotatable bonds is 3. The van der Waals surface area contributed by atoms with Crippen LogP contribution in [0.4, 0.5) is 18.0 Å². The second-order valence-corrected chi connectivity index (χ2v) is 5.96. The van der Waals surface area contributed by atoms with Crippen molar-refractivity contribution >= 4 is 12.4 Å². The normalized spacial score (nSPS) is 15.1. The number of nitrogens with zero attached hydrogens (tertiary/aromatic N) is 2. The van der Waals surface area contributed by atoms with Crippen LogP contribution in [-0.4, -0.2) is 40.1 Å². The number of ether oxygens (including phenoxy) is 1. The Morgan fingerprint density at radius 3 is 2.27 bits per heavy atom. The summed E-state index contributed by atoms with van der Waals surface area (Å²) in [4.78, 5) is 24.3. The first-order chi connectivity index (χ1) is 9.83. The third-order valence-corrected chi connectivity index (χ3v) is 3.06. The maximum Gasteiger partial charge on any atom is 0.433 e.